The maximum atomic E-state index is 11.8. The first kappa shape index (κ1) is 12.3. The fraction of sp³-hybridized carbons (Fsp3) is 0.462. The van der Waals surface area contributed by atoms with E-state index in [2.05, 4.69) is 12.6 Å². The number of carbonyl (C=O) groups is 1. The summed E-state index contributed by atoms with van der Waals surface area (Å²) in [5.41, 5.74) is 1.01. The molecule has 1 heterocycles. The molecule has 3 nitrogen and oxygen atoms in total. The van der Waals surface area contributed by atoms with Gasteiger partial charge in [0.2, 0.25) is 0 Å². The zero-order chi connectivity index (χ0) is 12.1. The molecule has 0 radical (unpaired) electrons. The molecule has 1 amide bonds. The van der Waals surface area contributed by atoms with Crippen molar-refractivity contribution in [3.8, 4) is 0 Å². The third kappa shape index (κ3) is 3.66. The Labute approximate surface area is 107 Å². The molecule has 0 bridgehead atoms. The number of thiol groups is 1. The molecular weight excluding hydrogens is 234 g/mol. The van der Waals surface area contributed by atoms with E-state index in [0.29, 0.717) is 13.2 Å². The highest BCUT2D eigenvalue weighted by molar-refractivity contribution is 7.81. The van der Waals surface area contributed by atoms with E-state index in [-0.39, 0.29) is 11.3 Å². The van der Waals surface area contributed by atoms with Crippen molar-refractivity contribution in [3.63, 3.8) is 0 Å². The molecule has 1 unspecified atom stereocenters. The minimum atomic E-state index is -0.229. The molecule has 0 spiro atoms. The highest BCUT2D eigenvalue weighted by Crippen LogP contribution is 2.15. The minimum Gasteiger partial charge on any atom is -0.445 e. The SMILES string of the molecule is O=C(OCc1ccccc1)N1CCCC(S)C1. The lowest BCUT2D eigenvalue weighted by atomic mass is 10.1. The van der Waals surface area contributed by atoms with E-state index in [1.807, 2.05) is 30.3 Å². The molecule has 17 heavy (non-hydrogen) atoms. The van der Waals surface area contributed by atoms with Crippen LogP contribution < -0.4 is 0 Å². The van der Waals surface area contributed by atoms with Crippen LogP contribution >= 0.6 is 12.6 Å². The molecule has 1 fully saturated rings. The molecule has 1 atom stereocenters. The number of nitrogens with zero attached hydrogens (tertiary/aromatic N) is 1. The third-order valence-corrected chi connectivity index (χ3v) is 3.28. The topological polar surface area (TPSA) is 29.5 Å². The number of hydrogen-bond acceptors (Lipinski definition) is 3. The molecule has 92 valence electrons. The lowest BCUT2D eigenvalue weighted by Crippen LogP contribution is -2.40. The first-order valence-electron chi connectivity index (χ1n) is 5.89. The zero-order valence-corrected chi connectivity index (χ0v) is 10.6. The molecule has 1 aromatic carbocycles. The van der Waals surface area contributed by atoms with Crippen molar-refractivity contribution < 1.29 is 9.53 Å². The average molecular weight is 251 g/mol. The molecule has 2 rings (SSSR count). The predicted octanol–water partition coefficient (Wildman–Crippen LogP) is 2.72. The summed E-state index contributed by atoms with van der Waals surface area (Å²) in [5.74, 6) is 0. The summed E-state index contributed by atoms with van der Waals surface area (Å²) in [4.78, 5) is 13.5. The molecule has 1 saturated heterocycles. The van der Waals surface area contributed by atoms with Crippen LogP contribution in [0, 0.1) is 0 Å². The highest BCUT2D eigenvalue weighted by Gasteiger charge is 2.22. The molecule has 0 aliphatic carbocycles. The summed E-state index contributed by atoms with van der Waals surface area (Å²) in [6.45, 7) is 1.81. The van der Waals surface area contributed by atoms with Gasteiger partial charge in [-0.25, -0.2) is 4.79 Å². The minimum absolute atomic E-state index is 0.229. The van der Waals surface area contributed by atoms with Gasteiger partial charge in [0.05, 0.1) is 0 Å². The fourth-order valence-electron chi connectivity index (χ4n) is 1.93. The molecule has 1 aromatic rings. The van der Waals surface area contributed by atoms with Crippen LogP contribution in [0.3, 0.4) is 0 Å². The normalized spacial score (nSPS) is 20.1. The Morgan fingerprint density at radius 3 is 2.88 bits per heavy atom. The van der Waals surface area contributed by atoms with Crippen molar-refractivity contribution in [1.82, 2.24) is 4.90 Å². The second kappa shape index (κ2) is 5.96. The van der Waals surface area contributed by atoms with Gasteiger partial charge in [-0.05, 0) is 18.4 Å². The maximum absolute atomic E-state index is 11.8. The standard InChI is InChI=1S/C13H17NO2S/c15-13(14-8-4-7-12(17)9-14)16-10-11-5-2-1-3-6-11/h1-3,5-6,12,17H,4,7-10H2. The van der Waals surface area contributed by atoms with Gasteiger partial charge in [-0.15, -0.1) is 0 Å². The van der Waals surface area contributed by atoms with E-state index in [1.54, 1.807) is 4.90 Å². The first-order valence-corrected chi connectivity index (χ1v) is 6.41. The van der Waals surface area contributed by atoms with Crippen molar-refractivity contribution >= 4 is 18.7 Å². The van der Waals surface area contributed by atoms with Crippen LogP contribution in [0.25, 0.3) is 0 Å². The Bertz CT molecular complexity index is 369. The van der Waals surface area contributed by atoms with Crippen molar-refractivity contribution in [2.45, 2.75) is 24.7 Å². The van der Waals surface area contributed by atoms with Crippen molar-refractivity contribution in [3.05, 3.63) is 35.9 Å². The molecule has 1 aliphatic heterocycles. The number of rotatable bonds is 2. The summed E-state index contributed by atoms with van der Waals surface area (Å²) in [6.07, 6.45) is 1.85. The molecule has 1 aliphatic rings. The summed E-state index contributed by atoms with van der Waals surface area (Å²) in [7, 11) is 0. The van der Waals surface area contributed by atoms with Crippen LogP contribution in [-0.2, 0) is 11.3 Å². The van der Waals surface area contributed by atoms with E-state index < -0.39 is 0 Å². The van der Waals surface area contributed by atoms with Gasteiger partial charge >= 0.3 is 6.09 Å². The number of carbonyl (C=O) groups excluding carboxylic acids is 1. The van der Waals surface area contributed by atoms with Gasteiger partial charge in [0, 0.05) is 18.3 Å². The van der Waals surface area contributed by atoms with Gasteiger partial charge in [-0.2, -0.15) is 12.6 Å². The molecule has 0 aromatic heterocycles. The fourth-order valence-corrected chi connectivity index (χ4v) is 2.31. The van der Waals surface area contributed by atoms with Gasteiger partial charge in [0.15, 0.2) is 0 Å². The summed E-state index contributed by atoms with van der Waals surface area (Å²) < 4.78 is 5.27. The van der Waals surface area contributed by atoms with Crippen LogP contribution in [0.5, 0.6) is 0 Å². The van der Waals surface area contributed by atoms with E-state index in [0.717, 1.165) is 24.9 Å². The Morgan fingerprint density at radius 1 is 1.41 bits per heavy atom. The maximum Gasteiger partial charge on any atom is 0.410 e. The summed E-state index contributed by atoms with van der Waals surface area (Å²) in [6, 6.07) is 9.72. The predicted molar refractivity (Wildman–Crippen MR) is 70.2 cm³/mol. The molecular formula is C13H17NO2S. The summed E-state index contributed by atoms with van der Waals surface area (Å²) >= 11 is 4.40. The van der Waals surface area contributed by atoms with Crippen LogP contribution in [0.4, 0.5) is 4.79 Å². The van der Waals surface area contributed by atoms with Gasteiger partial charge in [0.25, 0.3) is 0 Å². The smallest absolute Gasteiger partial charge is 0.410 e. The first-order chi connectivity index (χ1) is 8.25. The average Bonchev–Trinajstić information content (AvgIpc) is 2.37. The number of ether oxygens (including phenoxy) is 1. The van der Waals surface area contributed by atoms with E-state index in [9.17, 15) is 4.79 Å². The molecule has 0 N–H and O–H groups in total. The quantitative estimate of drug-likeness (QED) is 0.819. The molecule has 0 saturated carbocycles. The van der Waals surface area contributed by atoms with Gasteiger partial charge in [0.1, 0.15) is 6.61 Å². The van der Waals surface area contributed by atoms with E-state index in [1.165, 1.54) is 0 Å². The Kier molecular flexibility index (Phi) is 4.31. The Morgan fingerprint density at radius 2 is 2.18 bits per heavy atom. The van der Waals surface area contributed by atoms with E-state index in [4.69, 9.17) is 4.74 Å². The Balaban J connectivity index is 1.81. The van der Waals surface area contributed by atoms with Gasteiger partial charge in [-0.1, -0.05) is 30.3 Å². The number of benzene rings is 1. The van der Waals surface area contributed by atoms with Crippen LogP contribution in [-0.4, -0.2) is 29.3 Å². The van der Waals surface area contributed by atoms with Crippen molar-refractivity contribution in [2.75, 3.05) is 13.1 Å². The highest BCUT2D eigenvalue weighted by atomic mass is 32.1. The van der Waals surface area contributed by atoms with Crippen molar-refractivity contribution in [2.24, 2.45) is 0 Å². The lowest BCUT2D eigenvalue weighted by Gasteiger charge is -2.29. The Hall–Kier alpha value is -1.16. The van der Waals surface area contributed by atoms with Crippen molar-refractivity contribution in [1.29, 1.82) is 0 Å². The van der Waals surface area contributed by atoms with E-state index >= 15 is 0 Å². The van der Waals surface area contributed by atoms with Crippen LogP contribution in [0.1, 0.15) is 18.4 Å². The lowest BCUT2D eigenvalue weighted by molar-refractivity contribution is 0.0904. The summed E-state index contributed by atoms with van der Waals surface area (Å²) in [5, 5.41) is 0.285. The zero-order valence-electron chi connectivity index (χ0n) is 9.71. The largest absolute Gasteiger partial charge is 0.445 e. The van der Waals surface area contributed by atoms with Gasteiger partial charge < -0.3 is 9.64 Å². The number of likely N-dealkylation sites (tertiary alicyclic amines) is 1. The second-order valence-corrected chi connectivity index (χ2v) is 5.01. The number of hydrogen-bond donors (Lipinski definition) is 1. The number of amides is 1. The van der Waals surface area contributed by atoms with Crippen LogP contribution in [0.2, 0.25) is 0 Å². The molecule has 4 heteroatoms. The second-order valence-electron chi connectivity index (χ2n) is 4.28. The monoisotopic (exact) mass is 251 g/mol. The number of piperidine rings is 1. The van der Waals surface area contributed by atoms with Gasteiger partial charge in [-0.3, -0.25) is 0 Å². The van der Waals surface area contributed by atoms with Crippen LogP contribution in [0.15, 0.2) is 30.3 Å². The third-order valence-electron chi connectivity index (χ3n) is 2.86.